The number of benzene rings is 1. The van der Waals surface area contributed by atoms with Crippen LogP contribution in [0, 0.1) is 11.7 Å². The molecule has 1 saturated heterocycles. The van der Waals surface area contributed by atoms with Crippen molar-refractivity contribution in [3.63, 3.8) is 0 Å². The third kappa shape index (κ3) is 7.58. The van der Waals surface area contributed by atoms with E-state index in [0.29, 0.717) is 5.92 Å². The summed E-state index contributed by atoms with van der Waals surface area (Å²) in [6, 6.07) is 5.51. The molecule has 1 heterocycles. The second-order valence-electron chi connectivity index (χ2n) is 6.38. The topological polar surface area (TPSA) is 73.5 Å². The molecule has 3 amide bonds. The molecule has 2 rings (SSSR count). The van der Waals surface area contributed by atoms with E-state index in [0.717, 1.165) is 44.5 Å². The molecule has 0 saturated carbocycles. The van der Waals surface area contributed by atoms with Crippen LogP contribution < -0.4 is 16.0 Å². The molecule has 26 heavy (non-hydrogen) atoms. The highest BCUT2D eigenvalue weighted by molar-refractivity contribution is 5.85. The number of halogens is 2. The van der Waals surface area contributed by atoms with Gasteiger partial charge in [0.1, 0.15) is 5.82 Å². The van der Waals surface area contributed by atoms with Crippen LogP contribution in [-0.4, -0.2) is 50.1 Å². The molecule has 0 aromatic heterocycles. The zero-order valence-corrected chi connectivity index (χ0v) is 15.9. The molecule has 1 aliphatic heterocycles. The van der Waals surface area contributed by atoms with Crippen LogP contribution in [0.1, 0.15) is 24.8 Å². The van der Waals surface area contributed by atoms with Crippen LogP contribution in [0.2, 0.25) is 0 Å². The van der Waals surface area contributed by atoms with Gasteiger partial charge in [0.15, 0.2) is 0 Å². The molecule has 0 aliphatic carbocycles. The van der Waals surface area contributed by atoms with Crippen molar-refractivity contribution < 1.29 is 14.0 Å². The lowest BCUT2D eigenvalue weighted by Gasteiger charge is -2.32. The average Bonchev–Trinajstić information content (AvgIpc) is 2.64. The maximum absolute atomic E-state index is 12.8. The first-order valence-electron chi connectivity index (χ1n) is 8.77. The van der Waals surface area contributed by atoms with E-state index in [1.54, 1.807) is 12.1 Å². The van der Waals surface area contributed by atoms with Gasteiger partial charge in [-0.2, -0.15) is 0 Å². The molecule has 1 aliphatic rings. The van der Waals surface area contributed by atoms with E-state index < -0.39 is 6.03 Å². The van der Waals surface area contributed by atoms with Gasteiger partial charge in [-0.25, -0.2) is 9.18 Å². The predicted octanol–water partition coefficient (Wildman–Crippen LogP) is 1.89. The molecule has 0 spiro atoms. The van der Waals surface area contributed by atoms with Crippen molar-refractivity contribution in [2.45, 2.75) is 25.8 Å². The largest absolute Gasteiger partial charge is 0.341 e. The highest BCUT2D eigenvalue weighted by Crippen LogP contribution is 2.19. The SMILES string of the molecule is CNCCC1CCN(C(=O)CNC(=O)NCc2ccc(F)cc2)CC1.Cl. The van der Waals surface area contributed by atoms with Gasteiger partial charge in [0.05, 0.1) is 6.54 Å². The monoisotopic (exact) mass is 386 g/mol. The predicted molar refractivity (Wildman–Crippen MR) is 102 cm³/mol. The fraction of sp³-hybridized carbons (Fsp3) is 0.556. The second-order valence-corrected chi connectivity index (χ2v) is 6.38. The minimum atomic E-state index is -0.401. The van der Waals surface area contributed by atoms with E-state index >= 15 is 0 Å². The summed E-state index contributed by atoms with van der Waals surface area (Å²) < 4.78 is 12.8. The van der Waals surface area contributed by atoms with Gasteiger partial charge in [-0.05, 0) is 56.5 Å². The van der Waals surface area contributed by atoms with Gasteiger partial charge < -0.3 is 20.9 Å². The van der Waals surface area contributed by atoms with Crippen molar-refractivity contribution in [2.24, 2.45) is 5.92 Å². The van der Waals surface area contributed by atoms with E-state index in [-0.39, 0.29) is 37.2 Å². The summed E-state index contributed by atoms with van der Waals surface area (Å²) in [5, 5.41) is 8.39. The Morgan fingerprint density at radius 1 is 1.15 bits per heavy atom. The van der Waals surface area contributed by atoms with Gasteiger partial charge in [0.2, 0.25) is 5.91 Å². The molecule has 146 valence electrons. The summed E-state index contributed by atoms with van der Waals surface area (Å²) in [4.78, 5) is 25.7. The Balaban J connectivity index is 0.00000338. The number of nitrogens with one attached hydrogen (secondary N) is 3. The minimum absolute atomic E-state index is 0. The number of carbonyl (C=O) groups is 2. The Kier molecular flexibility index (Phi) is 9.98. The normalized spacial score (nSPS) is 14.5. The Hall–Kier alpha value is -1.86. The number of nitrogens with zero attached hydrogens (tertiary/aromatic N) is 1. The molecule has 0 atom stereocenters. The van der Waals surface area contributed by atoms with Gasteiger partial charge in [-0.3, -0.25) is 4.79 Å². The molecule has 0 bridgehead atoms. The first-order chi connectivity index (χ1) is 12.1. The van der Waals surface area contributed by atoms with Gasteiger partial charge >= 0.3 is 6.03 Å². The van der Waals surface area contributed by atoms with Crippen molar-refractivity contribution in [1.29, 1.82) is 0 Å². The molecule has 0 radical (unpaired) electrons. The lowest BCUT2D eigenvalue weighted by molar-refractivity contribution is -0.131. The zero-order chi connectivity index (χ0) is 18.1. The maximum atomic E-state index is 12.8. The Labute approximate surface area is 160 Å². The molecule has 6 nitrogen and oxygen atoms in total. The van der Waals surface area contributed by atoms with E-state index in [2.05, 4.69) is 16.0 Å². The molecule has 1 aromatic carbocycles. The molecular weight excluding hydrogens is 359 g/mol. The van der Waals surface area contributed by atoms with Crippen molar-refractivity contribution >= 4 is 24.3 Å². The number of rotatable bonds is 7. The van der Waals surface area contributed by atoms with E-state index in [1.807, 2.05) is 11.9 Å². The summed E-state index contributed by atoms with van der Waals surface area (Å²) in [5.74, 6) is 0.306. The number of urea groups is 1. The highest BCUT2D eigenvalue weighted by Gasteiger charge is 2.22. The smallest absolute Gasteiger partial charge is 0.315 e. The summed E-state index contributed by atoms with van der Waals surface area (Å²) in [6.45, 7) is 2.81. The van der Waals surface area contributed by atoms with Crippen LogP contribution in [0.3, 0.4) is 0 Å². The highest BCUT2D eigenvalue weighted by atomic mass is 35.5. The quantitative estimate of drug-likeness (QED) is 0.670. The van der Waals surface area contributed by atoms with Crippen LogP contribution in [0.5, 0.6) is 0 Å². The number of piperidine rings is 1. The summed E-state index contributed by atoms with van der Waals surface area (Å²) >= 11 is 0. The minimum Gasteiger partial charge on any atom is -0.341 e. The fourth-order valence-corrected chi connectivity index (χ4v) is 2.93. The molecule has 0 unspecified atom stereocenters. The Morgan fingerprint density at radius 3 is 2.42 bits per heavy atom. The summed E-state index contributed by atoms with van der Waals surface area (Å²) in [5.41, 5.74) is 0.798. The van der Waals surface area contributed by atoms with E-state index in [4.69, 9.17) is 0 Å². The average molecular weight is 387 g/mol. The third-order valence-corrected chi connectivity index (χ3v) is 4.54. The number of hydrogen-bond donors (Lipinski definition) is 3. The second kappa shape index (κ2) is 11.7. The number of hydrogen-bond acceptors (Lipinski definition) is 3. The van der Waals surface area contributed by atoms with Gasteiger partial charge in [0.25, 0.3) is 0 Å². The molecule has 1 aromatic rings. The Morgan fingerprint density at radius 2 is 1.81 bits per heavy atom. The standard InChI is InChI=1S/C18H27FN4O2.ClH/c1-20-9-6-14-7-10-23(11-8-14)17(24)13-22-18(25)21-12-15-2-4-16(19)5-3-15;/h2-5,14,20H,6-13H2,1H3,(H2,21,22,25);1H. The lowest BCUT2D eigenvalue weighted by atomic mass is 9.93. The van der Waals surface area contributed by atoms with Crippen LogP contribution in [0.15, 0.2) is 24.3 Å². The zero-order valence-electron chi connectivity index (χ0n) is 15.1. The summed E-state index contributed by atoms with van der Waals surface area (Å²) in [7, 11) is 1.95. The van der Waals surface area contributed by atoms with Crippen molar-refractivity contribution in [2.75, 3.05) is 33.2 Å². The molecule has 8 heteroatoms. The van der Waals surface area contributed by atoms with E-state index in [1.165, 1.54) is 12.1 Å². The Bertz CT molecular complexity index is 563. The first-order valence-corrected chi connectivity index (χ1v) is 8.77. The first kappa shape index (κ1) is 22.2. The van der Waals surface area contributed by atoms with Crippen LogP contribution in [0.25, 0.3) is 0 Å². The number of amides is 3. The van der Waals surface area contributed by atoms with Gasteiger partial charge in [0, 0.05) is 19.6 Å². The van der Waals surface area contributed by atoms with Gasteiger partial charge in [-0.1, -0.05) is 12.1 Å². The fourth-order valence-electron chi connectivity index (χ4n) is 2.93. The van der Waals surface area contributed by atoms with E-state index in [9.17, 15) is 14.0 Å². The van der Waals surface area contributed by atoms with Crippen LogP contribution in [0.4, 0.5) is 9.18 Å². The van der Waals surface area contributed by atoms with Crippen molar-refractivity contribution in [3.8, 4) is 0 Å². The van der Waals surface area contributed by atoms with Crippen molar-refractivity contribution in [3.05, 3.63) is 35.6 Å². The summed E-state index contributed by atoms with van der Waals surface area (Å²) in [6.07, 6.45) is 3.18. The van der Waals surface area contributed by atoms with Crippen LogP contribution in [-0.2, 0) is 11.3 Å². The van der Waals surface area contributed by atoms with Gasteiger partial charge in [-0.15, -0.1) is 12.4 Å². The molecule has 3 N–H and O–H groups in total. The molecular formula is C18H28ClFN4O2. The lowest BCUT2D eigenvalue weighted by Crippen LogP contribution is -2.46. The van der Waals surface area contributed by atoms with Crippen LogP contribution >= 0.6 is 12.4 Å². The maximum Gasteiger partial charge on any atom is 0.315 e. The molecule has 1 fully saturated rings. The third-order valence-electron chi connectivity index (χ3n) is 4.54. The van der Waals surface area contributed by atoms with Crippen molar-refractivity contribution in [1.82, 2.24) is 20.9 Å². The number of carbonyl (C=O) groups excluding carboxylic acids is 2. The number of likely N-dealkylation sites (tertiary alicyclic amines) is 1.